The summed E-state index contributed by atoms with van der Waals surface area (Å²) in [5.41, 5.74) is 3.62. The number of fused-ring (bicyclic) bond motifs is 1. The summed E-state index contributed by atoms with van der Waals surface area (Å²) in [4.78, 5) is 2.33. The highest BCUT2D eigenvalue weighted by Gasteiger charge is 2.14. The Kier molecular flexibility index (Phi) is 4.22. The van der Waals surface area contributed by atoms with Crippen LogP contribution in [-0.4, -0.2) is 0 Å². The van der Waals surface area contributed by atoms with Crippen LogP contribution < -0.4 is 4.90 Å². The lowest BCUT2D eigenvalue weighted by Crippen LogP contribution is -2.16. The summed E-state index contributed by atoms with van der Waals surface area (Å²) in [6, 6.07) is 23.6. The van der Waals surface area contributed by atoms with Crippen LogP contribution in [-0.2, 0) is 0 Å². The van der Waals surface area contributed by atoms with Crippen LogP contribution in [0.1, 0.15) is 12.8 Å². The number of rotatable bonds is 3. The fourth-order valence-electron chi connectivity index (χ4n) is 3.13. The second kappa shape index (κ2) is 6.66. The lowest BCUT2D eigenvalue weighted by molar-refractivity contribution is 0.997. The first-order chi connectivity index (χ1) is 11.8. The van der Waals surface area contributed by atoms with E-state index in [-0.39, 0.29) is 0 Å². The highest BCUT2D eigenvalue weighted by Crippen LogP contribution is 2.34. The molecule has 0 atom stereocenters. The van der Waals surface area contributed by atoms with Gasteiger partial charge in [0.2, 0.25) is 0 Å². The normalized spacial score (nSPS) is 13.8. The second-order valence-electron chi connectivity index (χ2n) is 5.96. The minimum Gasteiger partial charge on any atom is -0.311 e. The maximum absolute atomic E-state index is 3.55. The zero-order chi connectivity index (χ0) is 16.4. The fourth-order valence-corrected chi connectivity index (χ4v) is 3.51. The molecule has 0 fully saturated rings. The fraction of sp³-hybridized carbons (Fsp3) is 0.0909. The summed E-state index contributed by atoms with van der Waals surface area (Å²) in [7, 11) is 0. The van der Waals surface area contributed by atoms with Crippen molar-refractivity contribution in [2.24, 2.45) is 0 Å². The van der Waals surface area contributed by atoms with E-state index in [0.29, 0.717) is 0 Å². The van der Waals surface area contributed by atoms with Crippen molar-refractivity contribution in [1.82, 2.24) is 0 Å². The molecule has 1 aliphatic carbocycles. The van der Waals surface area contributed by atoms with E-state index >= 15 is 0 Å². The maximum atomic E-state index is 3.55. The van der Waals surface area contributed by atoms with Crippen molar-refractivity contribution >= 4 is 38.1 Å². The van der Waals surface area contributed by atoms with Crippen LogP contribution >= 0.6 is 15.9 Å². The average Bonchev–Trinajstić information content (AvgIpc) is 2.64. The molecule has 3 aromatic rings. The quantitative estimate of drug-likeness (QED) is 0.477. The van der Waals surface area contributed by atoms with Crippen molar-refractivity contribution in [3.8, 4) is 0 Å². The van der Waals surface area contributed by atoms with Gasteiger partial charge in [-0.15, -0.1) is 0 Å². The van der Waals surface area contributed by atoms with Gasteiger partial charge in [0, 0.05) is 21.5 Å². The van der Waals surface area contributed by atoms with Gasteiger partial charge in [-0.25, -0.2) is 0 Å². The Morgan fingerprint density at radius 2 is 1.54 bits per heavy atom. The third-order valence-electron chi connectivity index (χ3n) is 4.29. The molecule has 0 radical (unpaired) electrons. The van der Waals surface area contributed by atoms with Gasteiger partial charge in [0.15, 0.2) is 0 Å². The van der Waals surface area contributed by atoms with Gasteiger partial charge in [-0.1, -0.05) is 58.4 Å². The second-order valence-corrected chi connectivity index (χ2v) is 6.87. The van der Waals surface area contributed by atoms with E-state index in [9.17, 15) is 0 Å². The minimum atomic E-state index is 1.09. The van der Waals surface area contributed by atoms with Crippen LogP contribution in [0, 0.1) is 0 Å². The van der Waals surface area contributed by atoms with Crippen molar-refractivity contribution in [2.75, 3.05) is 4.90 Å². The molecule has 1 nitrogen and oxygen atoms in total. The van der Waals surface area contributed by atoms with E-state index in [1.54, 1.807) is 0 Å². The largest absolute Gasteiger partial charge is 0.311 e. The molecule has 24 heavy (non-hydrogen) atoms. The number of para-hydroxylation sites is 1. The molecular formula is C22H18BrN. The number of anilines is 2. The Morgan fingerprint density at radius 3 is 2.33 bits per heavy atom. The van der Waals surface area contributed by atoms with Crippen LogP contribution in [0.4, 0.5) is 11.4 Å². The molecule has 2 heteroatoms. The van der Waals surface area contributed by atoms with Crippen molar-refractivity contribution in [1.29, 1.82) is 0 Å². The van der Waals surface area contributed by atoms with Crippen molar-refractivity contribution in [2.45, 2.75) is 12.8 Å². The molecule has 3 aromatic carbocycles. The van der Waals surface area contributed by atoms with Crippen LogP contribution in [0.15, 0.2) is 95.1 Å². The van der Waals surface area contributed by atoms with Gasteiger partial charge < -0.3 is 4.90 Å². The van der Waals surface area contributed by atoms with Gasteiger partial charge in [-0.3, -0.25) is 0 Å². The van der Waals surface area contributed by atoms with E-state index in [1.165, 1.54) is 27.8 Å². The molecule has 4 rings (SSSR count). The van der Waals surface area contributed by atoms with Gasteiger partial charge in [0.05, 0.1) is 0 Å². The van der Waals surface area contributed by atoms with Crippen molar-refractivity contribution in [3.05, 3.63) is 95.1 Å². The molecule has 118 valence electrons. The van der Waals surface area contributed by atoms with E-state index in [2.05, 4.69) is 106 Å². The zero-order valence-corrected chi connectivity index (χ0v) is 14.9. The zero-order valence-electron chi connectivity index (χ0n) is 13.3. The van der Waals surface area contributed by atoms with Gasteiger partial charge in [-0.05, 0) is 66.1 Å². The lowest BCUT2D eigenvalue weighted by atomic mass is 10.1. The molecule has 0 aliphatic heterocycles. The summed E-state index contributed by atoms with van der Waals surface area (Å²) >= 11 is 3.55. The van der Waals surface area contributed by atoms with Gasteiger partial charge in [0.1, 0.15) is 0 Å². The molecular weight excluding hydrogens is 358 g/mol. The summed E-state index contributed by atoms with van der Waals surface area (Å²) in [5, 5.41) is 2.49. The number of hydrogen-bond acceptors (Lipinski definition) is 1. The average molecular weight is 376 g/mol. The van der Waals surface area contributed by atoms with Crippen molar-refractivity contribution < 1.29 is 0 Å². The number of halogens is 1. The Hall–Kier alpha value is -2.32. The Morgan fingerprint density at radius 1 is 0.750 bits per heavy atom. The predicted molar refractivity (Wildman–Crippen MR) is 107 cm³/mol. The number of allylic oxidation sites excluding steroid dienone is 3. The lowest BCUT2D eigenvalue weighted by Gasteiger charge is -2.28. The van der Waals surface area contributed by atoms with Crippen LogP contribution in [0.3, 0.4) is 0 Å². The third kappa shape index (κ3) is 3.02. The van der Waals surface area contributed by atoms with Gasteiger partial charge in [0.25, 0.3) is 0 Å². The van der Waals surface area contributed by atoms with Gasteiger partial charge >= 0.3 is 0 Å². The highest BCUT2D eigenvalue weighted by atomic mass is 79.9. The Bertz CT molecular complexity index is 925. The summed E-state index contributed by atoms with van der Waals surface area (Å²) in [6.45, 7) is 0. The minimum absolute atomic E-state index is 1.09. The molecule has 0 unspecified atom stereocenters. The molecule has 0 spiro atoms. The molecule has 0 amide bonds. The Balaban J connectivity index is 1.85. The van der Waals surface area contributed by atoms with E-state index in [1.807, 2.05) is 0 Å². The number of benzene rings is 3. The number of nitrogens with zero attached hydrogens (tertiary/aromatic N) is 1. The first kappa shape index (κ1) is 15.2. The van der Waals surface area contributed by atoms with E-state index in [4.69, 9.17) is 0 Å². The molecule has 1 aliphatic rings. The van der Waals surface area contributed by atoms with E-state index < -0.39 is 0 Å². The van der Waals surface area contributed by atoms with Crippen LogP contribution in [0.5, 0.6) is 0 Å². The number of hydrogen-bond donors (Lipinski definition) is 0. The summed E-state index contributed by atoms with van der Waals surface area (Å²) in [5.74, 6) is 0. The predicted octanol–water partition coefficient (Wildman–Crippen LogP) is 6.97. The smallest absolute Gasteiger partial charge is 0.0467 e. The first-order valence-electron chi connectivity index (χ1n) is 8.22. The first-order valence-corrected chi connectivity index (χ1v) is 9.02. The van der Waals surface area contributed by atoms with E-state index in [0.717, 1.165) is 17.3 Å². The standard InChI is InChI=1S/C22H18BrN/c23-19-13-11-18-16-22(14-12-17(18)15-19)24(20-7-3-1-4-8-20)21-9-5-2-6-10-21/h1,3-5,7-16H,2,6H2. The monoisotopic (exact) mass is 375 g/mol. The summed E-state index contributed by atoms with van der Waals surface area (Å²) < 4.78 is 1.11. The summed E-state index contributed by atoms with van der Waals surface area (Å²) in [6.07, 6.45) is 9.01. The Labute approximate surface area is 151 Å². The maximum Gasteiger partial charge on any atom is 0.0467 e. The SMILES string of the molecule is Brc1ccc2cc(N(C3=CCCC=C3)c3ccccc3)ccc2c1. The molecule has 0 saturated heterocycles. The highest BCUT2D eigenvalue weighted by molar-refractivity contribution is 9.10. The van der Waals surface area contributed by atoms with Crippen LogP contribution in [0.2, 0.25) is 0 Å². The van der Waals surface area contributed by atoms with Gasteiger partial charge in [-0.2, -0.15) is 0 Å². The molecule has 0 N–H and O–H groups in total. The topological polar surface area (TPSA) is 3.24 Å². The van der Waals surface area contributed by atoms with Crippen LogP contribution in [0.25, 0.3) is 10.8 Å². The molecule has 0 bridgehead atoms. The molecule has 0 saturated carbocycles. The molecule has 0 heterocycles. The third-order valence-corrected chi connectivity index (χ3v) is 4.79. The van der Waals surface area contributed by atoms with Crippen molar-refractivity contribution in [3.63, 3.8) is 0 Å². The molecule has 0 aromatic heterocycles.